The second-order valence-corrected chi connectivity index (χ2v) is 6.70. The third-order valence-corrected chi connectivity index (χ3v) is 4.97. The van der Waals surface area contributed by atoms with E-state index < -0.39 is 0 Å². The highest BCUT2D eigenvalue weighted by Gasteiger charge is 2.39. The number of aromatic nitrogens is 4. The average molecular weight is 341 g/mol. The van der Waals surface area contributed by atoms with E-state index in [4.69, 9.17) is 0 Å². The van der Waals surface area contributed by atoms with Crippen molar-refractivity contribution in [1.29, 1.82) is 0 Å². The molecule has 2 saturated heterocycles. The lowest BCUT2D eigenvalue weighted by molar-refractivity contribution is -0.121. The molecule has 0 aromatic carbocycles. The molecule has 2 aromatic heterocycles. The van der Waals surface area contributed by atoms with Crippen molar-refractivity contribution in [2.24, 2.45) is 0 Å². The first-order valence-electron chi connectivity index (χ1n) is 8.87. The van der Waals surface area contributed by atoms with Crippen molar-refractivity contribution in [1.82, 2.24) is 24.6 Å². The monoisotopic (exact) mass is 341 g/mol. The maximum Gasteiger partial charge on any atom is 0.229 e. The van der Waals surface area contributed by atoms with Gasteiger partial charge < -0.3 is 15.1 Å². The van der Waals surface area contributed by atoms with E-state index in [1.165, 1.54) is 0 Å². The molecule has 2 aromatic rings. The topological polar surface area (TPSA) is 79.2 Å². The zero-order valence-electron chi connectivity index (χ0n) is 14.4. The summed E-state index contributed by atoms with van der Waals surface area (Å²) in [5, 5.41) is 7.53. The van der Waals surface area contributed by atoms with Crippen molar-refractivity contribution in [3.63, 3.8) is 0 Å². The molecule has 0 saturated carbocycles. The van der Waals surface area contributed by atoms with Crippen molar-refractivity contribution in [3.05, 3.63) is 24.7 Å². The molecule has 0 aliphatic carbocycles. The van der Waals surface area contributed by atoms with Crippen LogP contribution in [-0.4, -0.2) is 56.2 Å². The lowest BCUT2D eigenvalue weighted by Crippen LogP contribution is -2.53. The van der Waals surface area contributed by atoms with Gasteiger partial charge in [-0.3, -0.25) is 9.48 Å². The van der Waals surface area contributed by atoms with Crippen LogP contribution in [0.3, 0.4) is 0 Å². The Morgan fingerprint density at radius 2 is 2.12 bits per heavy atom. The predicted octanol–water partition coefficient (Wildman–Crippen LogP) is 1.64. The Morgan fingerprint density at radius 3 is 2.84 bits per heavy atom. The van der Waals surface area contributed by atoms with Crippen LogP contribution in [0.4, 0.5) is 17.5 Å². The fourth-order valence-corrected chi connectivity index (χ4v) is 3.79. The number of fused-ring (bicyclic) bond motifs is 2. The first-order valence-corrected chi connectivity index (χ1v) is 8.87. The quantitative estimate of drug-likeness (QED) is 0.805. The lowest BCUT2D eigenvalue weighted by Gasteiger charge is -2.39. The summed E-state index contributed by atoms with van der Waals surface area (Å²) in [4.78, 5) is 24.4. The van der Waals surface area contributed by atoms with Crippen LogP contribution in [-0.2, 0) is 11.3 Å². The third-order valence-electron chi connectivity index (χ3n) is 4.97. The Balaban J connectivity index is 1.47. The molecule has 2 aliphatic heterocycles. The van der Waals surface area contributed by atoms with Gasteiger partial charge in [0.25, 0.3) is 0 Å². The molecule has 2 bridgehead atoms. The smallest absolute Gasteiger partial charge is 0.229 e. The Hall–Kier alpha value is -2.64. The van der Waals surface area contributed by atoms with Gasteiger partial charge in [0.2, 0.25) is 12.4 Å². The third kappa shape index (κ3) is 3.16. The van der Waals surface area contributed by atoms with Crippen molar-refractivity contribution < 1.29 is 4.79 Å². The first-order chi connectivity index (χ1) is 12.3. The van der Waals surface area contributed by atoms with Gasteiger partial charge in [0, 0.05) is 44.1 Å². The molecule has 2 fully saturated rings. The number of aryl methyl sites for hydroxylation is 1. The highest BCUT2D eigenvalue weighted by atomic mass is 16.1. The number of piperazine rings is 1. The number of carbonyl (C=O) groups is 1. The highest BCUT2D eigenvalue weighted by Crippen LogP contribution is 2.31. The molecule has 25 heavy (non-hydrogen) atoms. The number of carbonyl (C=O) groups excluding carboxylic acids is 1. The highest BCUT2D eigenvalue weighted by molar-refractivity contribution is 5.55. The van der Waals surface area contributed by atoms with Gasteiger partial charge in [-0.15, -0.1) is 0 Å². The summed E-state index contributed by atoms with van der Waals surface area (Å²) in [5.74, 6) is 1.47. The van der Waals surface area contributed by atoms with Gasteiger partial charge >= 0.3 is 0 Å². The molecule has 0 spiro atoms. The fraction of sp³-hybridized carbons (Fsp3) is 0.529. The maximum atomic E-state index is 11.2. The number of rotatable bonds is 6. The van der Waals surface area contributed by atoms with Crippen LogP contribution < -0.4 is 10.2 Å². The minimum absolute atomic E-state index is 0.301. The normalized spacial score (nSPS) is 22.3. The molecule has 4 rings (SSSR count). The van der Waals surface area contributed by atoms with Gasteiger partial charge in [0.05, 0.1) is 11.9 Å². The summed E-state index contributed by atoms with van der Waals surface area (Å²) in [6, 6.07) is 2.53. The van der Waals surface area contributed by atoms with E-state index in [1.807, 2.05) is 21.8 Å². The summed E-state index contributed by atoms with van der Waals surface area (Å²) in [7, 11) is 0. The summed E-state index contributed by atoms with van der Waals surface area (Å²) < 4.78 is 1.91. The molecule has 1 amide bonds. The Labute approximate surface area is 146 Å². The lowest BCUT2D eigenvalue weighted by atomic mass is 10.2. The minimum atomic E-state index is 0.301. The Morgan fingerprint density at radius 1 is 1.32 bits per heavy atom. The molecule has 1 N–H and O–H groups in total. The summed E-state index contributed by atoms with van der Waals surface area (Å²) in [6.07, 6.45) is 9.72. The van der Waals surface area contributed by atoms with E-state index in [0.29, 0.717) is 18.0 Å². The molecule has 8 nitrogen and oxygen atoms in total. The van der Waals surface area contributed by atoms with Gasteiger partial charge in [-0.05, 0) is 25.3 Å². The molecule has 2 aliphatic rings. The molecule has 4 heterocycles. The van der Waals surface area contributed by atoms with Crippen LogP contribution in [0.15, 0.2) is 24.7 Å². The van der Waals surface area contributed by atoms with E-state index in [1.54, 1.807) is 12.4 Å². The van der Waals surface area contributed by atoms with Crippen LogP contribution in [0.1, 0.15) is 26.2 Å². The second-order valence-electron chi connectivity index (χ2n) is 6.70. The Kier molecular flexibility index (Phi) is 4.25. The number of amides is 1. The van der Waals surface area contributed by atoms with Gasteiger partial charge in [0.15, 0.2) is 0 Å². The number of hydrogen-bond donors (Lipinski definition) is 1. The zero-order valence-corrected chi connectivity index (χ0v) is 14.4. The fourth-order valence-electron chi connectivity index (χ4n) is 3.79. The van der Waals surface area contributed by atoms with Gasteiger partial charge in [-0.25, -0.2) is 4.98 Å². The standard InChI is InChI=1S/C17H23N7O/c1-2-7-23-9-13(8-19-23)20-17-18-6-5-16(21-17)22-10-14-3-4-15(11-22)24(14)12-25/h5-6,8-9,12,14-15H,2-4,7,10-11H2,1H3,(H,18,20,21)/t14-,15?/m0/s1. The van der Waals surface area contributed by atoms with Gasteiger partial charge in [-0.2, -0.15) is 10.1 Å². The largest absolute Gasteiger partial charge is 0.352 e. The first kappa shape index (κ1) is 15.9. The van der Waals surface area contributed by atoms with Crippen molar-refractivity contribution >= 4 is 23.9 Å². The number of anilines is 3. The van der Waals surface area contributed by atoms with E-state index in [9.17, 15) is 4.79 Å². The molecular weight excluding hydrogens is 318 g/mol. The number of nitrogens with one attached hydrogen (secondary N) is 1. The number of hydrogen-bond acceptors (Lipinski definition) is 6. The molecule has 8 heteroatoms. The summed E-state index contributed by atoms with van der Waals surface area (Å²) in [6.45, 7) is 4.69. The molecule has 132 valence electrons. The SMILES string of the molecule is CCCn1cc(Nc2nccc(N3CC4CC[C@@H](C3)N4C=O)n2)cn1. The summed E-state index contributed by atoms with van der Waals surface area (Å²) in [5.41, 5.74) is 0.886. The van der Waals surface area contributed by atoms with Gasteiger partial charge in [-0.1, -0.05) is 6.92 Å². The van der Waals surface area contributed by atoms with E-state index >= 15 is 0 Å². The van der Waals surface area contributed by atoms with Crippen molar-refractivity contribution in [2.75, 3.05) is 23.3 Å². The van der Waals surface area contributed by atoms with Crippen LogP contribution in [0, 0.1) is 0 Å². The van der Waals surface area contributed by atoms with Crippen molar-refractivity contribution in [3.8, 4) is 0 Å². The van der Waals surface area contributed by atoms with Crippen LogP contribution >= 0.6 is 0 Å². The van der Waals surface area contributed by atoms with Gasteiger partial charge in [0.1, 0.15) is 5.82 Å². The molecular formula is C17H23N7O. The van der Waals surface area contributed by atoms with E-state index in [2.05, 4.69) is 32.2 Å². The second kappa shape index (κ2) is 6.70. The van der Waals surface area contributed by atoms with Crippen molar-refractivity contribution in [2.45, 2.75) is 44.8 Å². The summed E-state index contributed by atoms with van der Waals surface area (Å²) >= 11 is 0. The van der Waals surface area contributed by atoms with Crippen LogP contribution in [0.5, 0.6) is 0 Å². The molecule has 2 atom stereocenters. The predicted molar refractivity (Wildman–Crippen MR) is 94.8 cm³/mol. The minimum Gasteiger partial charge on any atom is -0.352 e. The Bertz CT molecular complexity index is 732. The maximum absolute atomic E-state index is 11.2. The number of nitrogens with zero attached hydrogens (tertiary/aromatic N) is 6. The average Bonchev–Trinajstić information content (AvgIpc) is 3.16. The zero-order chi connectivity index (χ0) is 17.2. The van der Waals surface area contributed by atoms with E-state index in [-0.39, 0.29) is 0 Å². The van der Waals surface area contributed by atoms with Crippen LogP contribution in [0.25, 0.3) is 0 Å². The van der Waals surface area contributed by atoms with E-state index in [0.717, 1.165) is 56.8 Å². The van der Waals surface area contributed by atoms with Crippen LogP contribution in [0.2, 0.25) is 0 Å². The molecule has 1 unspecified atom stereocenters. The molecule has 0 radical (unpaired) electrons.